The highest BCUT2D eigenvalue weighted by Crippen LogP contribution is 2.55. The van der Waals surface area contributed by atoms with Crippen molar-refractivity contribution in [3.63, 3.8) is 0 Å². The molecule has 5 aliphatic carbocycles. The van der Waals surface area contributed by atoms with Crippen molar-refractivity contribution in [3.8, 4) is 0 Å². The van der Waals surface area contributed by atoms with Crippen molar-refractivity contribution in [2.45, 2.75) is 88.4 Å². The number of rotatable bonds is 18. The van der Waals surface area contributed by atoms with Gasteiger partial charge >= 0.3 is 0 Å². The molecule has 2 aliphatic heterocycles. The number of anilines is 4. The van der Waals surface area contributed by atoms with Crippen LogP contribution in [0.5, 0.6) is 0 Å². The second-order valence-corrected chi connectivity index (χ2v) is 20.2. The number of carbonyl (C=O) groups is 4. The molecule has 354 valence electrons. The Balaban J connectivity index is 0.772. The predicted octanol–water partition coefficient (Wildman–Crippen LogP) is 4.28. The molecule has 18 nitrogen and oxygen atoms in total. The van der Waals surface area contributed by atoms with Gasteiger partial charge in [0.2, 0.25) is 11.8 Å². The summed E-state index contributed by atoms with van der Waals surface area (Å²) in [4.78, 5) is 70.6. The van der Waals surface area contributed by atoms with E-state index in [1.165, 1.54) is 11.1 Å². The Morgan fingerprint density at radius 2 is 1.27 bits per heavy atom. The Bertz CT molecular complexity index is 2420. The molecular formula is C49H62N12O6. The summed E-state index contributed by atoms with van der Waals surface area (Å²) in [7, 11) is 1.71. The van der Waals surface area contributed by atoms with Gasteiger partial charge in [0.1, 0.15) is 35.1 Å². The van der Waals surface area contributed by atoms with Crippen LogP contribution in [0.4, 0.5) is 23.0 Å². The number of carbonyl (C=O) groups excluding carboxylic acids is 4. The Morgan fingerprint density at radius 3 is 1.84 bits per heavy atom. The molecule has 4 amide bonds. The fraction of sp³-hybridized carbons (Fsp3) is 0.592. The lowest BCUT2D eigenvalue weighted by atomic mass is 9.79. The van der Waals surface area contributed by atoms with Crippen LogP contribution in [-0.4, -0.2) is 117 Å². The van der Waals surface area contributed by atoms with E-state index in [1.807, 2.05) is 24.3 Å². The van der Waals surface area contributed by atoms with Crippen LogP contribution in [0.1, 0.15) is 85.2 Å². The Labute approximate surface area is 390 Å². The summed E-state index contributed by atoms with van der Waals surface area (Å²) in [6, 6.07) is 9.44. The lowest BCUT2D eigenvalue weighted by molar-refractivity contribution is -0.120. The number of aryl methyl sites for hydroxylation is 1. The van der Waals surface area contributed by atoms with Crippen molar-refractivity contribution in [3.05, 3.63) is 72.6 Å². The van der Waals surface area contributed by atoms with Crippen molar-refractivity contribution >= 4 is 46.6 Å². The second-order valence-electron chi connectivity index (χ2n) is 20.2. The van der Waals surface area contributed by atoms with E-state index in [0.717, 1.165) is 95.6 Å². The van der Waals surface area contributed by atoms with E-state index in [1.54, 1.807) is 48.6 Å². The third kappa shape index (κ3) is 9.64. The number of nitrogens with one attached hydrogen (secondary N) is 4. The monoisotopic (exact) mass is 914 g/mol. The highest BCUT2D eigenvalue weighted by Gasteiger charge is 2.54. The molecule has 5 saturated carbocycles. The molecule has 6 heterocycles. The Hall–Kier alpha value is -5.88. The summed E-state index contributed by atoms with van der Waals surface area (Å²) in [6.45, 7) is 5.55. The van der Waals surface area contributed by atoms with Crippen LogP contribution in [-0.2, 0) is 32.7 Å². The van der Waals surface area contributed by atoms with Gasteiger partial charge in [0.15, 0.2) is 0 Å². The Morgan fingerprint density at radius 1 is 0.701 bits per heavy atom. The number of hydrogen-bond acceptors (Lipinski definition) is 12. The summed E-state index contributed by atoms with van der Waals surface area (Å²) in [5.74, 6) is 1.65. The van der Waals surface area contributed by atoms with E-state index in [9.17, 15) is 19.2 Å². The number of aromatic nitrogens is 6. The van der Waals surface area contributed by atoms with Crippen LogP contribution >= 0.6 is 0 Å². The van der Waals surface area contributed by atoms with Gasteiger partial charge in [0.05, 0.1) is 49.2 Å². The zero-order valence-electron chi connectivity index (χ0n) is 38.2. The molecule has 0 aromatic carbocycles. The van der Waals surface area contributed by atoms with Crippen LogP contribution < -0.4 is 31.1 Å². The van der Waals surface area contributed by atoms with Crippen LogP contribution in [0.15, 0.2) is 61.2 Å². The second kappa shape index (κ2) is 18.3. The molecule has 0 bridgehead atoms. The fourth-order valence-electron chi connectivity index (χ4n) is 11.2. The maximum atomic E-state index is 14.4. The number of hydrogen-bond donors (Lipinski definition) is 4. The standard InChI is InChI=1S/C49H62N12O6/c1-58-37(13-17-52-58)45(62)57-44(48(65)55-34-9-11-39(50-26-34)59-19-22-66-23-20-59)42(32-7-8-32)36-25-33(36)28-61-38(14-18-53-61)46(63)56-43(41(30-3-4-30)31-5-6-31)47(64)54-35-10-12-40(51-27-35)60-21-24-67-49(29-60)15-2-16-49/h9-14,17-18,26-27,30-33,36,41-44H,2-8,15-16,19-25,28-29H2,1H3,(H,54,64)(H,55,65)(H,56,63)(H,57,62)/t33?,36?,42?,43-,44-/m0/s1. The first kappa shape index (κ1) is 43.7. The zero-order valence-corrected chi connectivity index (χ0v) is 38.2. The third-order valence-electron chi connectivity index (χ3n) is 15.5. The maximum absolute atomic E-state index is 14.4. The molecule has 2 saturated heterocycles. The van der Waals surface area contributed by atoms with Crippen molar-refractivity contribution in [2.24, 2.45) is 48.5 Å². The predicted molar refractivity (Wildman–Crippen MR) is 248 cm³/mol. The van der Waals surface area contributed by atoms with Gasteiger partial charge in [-0.1, -0.05) is 0 Å². The van der Waals surface area contributed by atoms with Gasteiger partial charge < -0.3 is 40.5 Å². The third-order valence-corrected chi connectivity index (χ3v) is 15.5. The molecule has 67 heavy (non-hydrogen) atoms. The first-order valence-corrected chi connectivity index (χ1v) is 24.6. The molecule has 11 rings (SSSR count). The highest BCUT2D eigenvalue weighted by atomic mass is 16.5. The van der Waals surface area contributed by atoms with E-state index < -0.39 is 12.1 Å². The molecule has 4 aromatic rings. The molecule has 1 spiro atoms. The van der Waals surface area contributed by atoms with Gasteiger partial charge in [0.25, 0.3) is 11.8 Å². The minimum Gasteiger partial charge on any atom is -0.378 e. The first-order chi connectivity index (χ1) is 32.7. The molecule has 0 radical (unpaired) electrons. The smallest absolute Gasteiger partial charge is 0.270 e. The number of pyridine rings is 2. The van der Waals surface area contributed by atoms with Gasteiger partial charge in [-0.05, 0) is 142 Å². The normalized spacial score (nSPS) is 23.5. The van der Waals surface area contributed by atoms with Crippen LogP contribution in [0.3, 0.4) is 0 Å². The summed E-state index contributed by atoms with van der Waals surface area (Å²) in [5, 5.41) is 21.3. The largest absolute Gasteiger partial charge is 0.378 e. The van der Waals surface area contributed by atoms with Crippen molar-refractivity contribution in [1.29, 1.82) is 0 Å². The summed E-state index contributed by atoms with van der Waals surface area (Å²) in [6.07, 6.45) is 16.9. The highest BCUT2D eigenvalue weighted by molar-refractivity contribution is 6.01. The van der Waals surface area contributed by atoms with E-state index >= 15 is 0 Å². The molecule has 4 aromatic heterocycles. The molecule has 5 atom stereocenters. The van der Waals surface area contributed by atoms with Crippen molar-refractivity contribution < 1.29 is 28.7 Å². The first-order valence-electron chi connectivity index (χ1n) is 24.6. The fourth-order valence-corrected chi connectivity index (χ4v) is 11.2. The van der Waals surface area contributed by atoms with E-state index in [-0.39, 0.29) is 58.8 Å². The van der Waals surface area contributed by atoms with E-state index in [0.29, 0.717) is 61.0 Å². The van der Waals surface area contributed by atoms with Crippen molar-refractivity contribution in [2.75, 3.05) is 66.4 Å². The minimum absolute atomic E-state index is 0.0505. The van der Waals surface area contributed by atoms with Crippen LogP contribution in [0.2, 0.25) is 0 Å². The quantitative estimate of drug-likeness (QED) is 0.111. The summed E-state index contributed by atoms with van der Waals surface area (Å²) >= 11 is 0. The van der Waals surface area contributed by atoms with Gasteiger partial charge in [-0.3, -0.25) is 28.5 Å². The van der Waals surface area contributed by atoms with E-state index in [4.69, 9.17) is 14.5 Å². The molecule has 4 N–H and O–H groups in total. The minimum atomic E-state index is -0.824. The SMILES string of the molecule is Cn1nccc1C(=O)N[C@H](C(=O)Nc1ccc(N2CCOCC2)nc1)C(C1CC1)C1CC1Cn1nccc1C(=O)N[C@H](C(=O)Nc1ccc(N2CCOC3(CCC3)C2)nc1)C(C1CC1)C1CC1. The van der Waals surface area contributed by atoms with Gasteiger partial charge in [-0.2, -0.15) is 10.2 Å². The number of amides is 4. The molecular weight excluding hydrogens is 853 g/mol. The Kier molecular flexibility index (Phi) is 11.9. The number of morpholine rings is 2. The molecule has 7 fully saturated rings. The molecule has 7 aliphatic rings. The average molecular weight is 915 g/mol. The molecule has 18 heteroatoms. The maximum Gasteiger partial charge on any atom is 0.270 e. The number of ether oxygens (including phenoxy) is 2. The summed E-state index contributed by atoms with van der Waals surface area (Å²) < 4.78 is 14.9. The van der Waals surface area contributed by atoms with Gasteiger partial charge in [0, 0.05) is 52.2 Å². The van der Waals surface area contributed by atoms with Crippen LogP contribution in [0.25, 0.3) is 0 Å². The van der Waals surface area contributed by atoms with Gasteiger partial charge in [-0.15, -0.1) is 0 Å². The van der Waals surface area contributed by atoms with Crippen LogP contribution in [0, 0.1) is 41.4 Å². The topological polar surface area (TPSA) is 203 Å². The molecule has 3 unspecified atom stereocenters. The van der Waals surface area contributed by atoms with E-state index in [2.05, 4.69) is 46.2 Å². The number of nitrogens with zero attached hydrogens (tertiary/aromatic N) is 8. The summed E-state index contributed by atoms with van der Waals surface area (Å²) in [5.41, 5.74) is 1.85. The van der Waals surface area contributed by atoms with Gasteiger partial charge in [-0.25, -0.2) is 9.97 Å². The zero-order chi connectivity index (χ0) is 45.6. The lowest BCUT2D eigenvalue weighted by Crippen LogP contribution is -2.56. The lowest BCUT2D eigenvalue weighted by Gasteiger charge is -2.48. The van der Waals surface area contributed by atoms with Crippen molar-refractivity contribution in [1.82, 2.24) is 40.2 Å². The average Bonchev–Trinajstić information content (AvgIpc) is 4.12.